The van der Waals surface area contributed by atoms with Gasteiger partial charge in [-0.25, -0.2) is 9.59 Å². The van der Waals surface area contributed by atoms with E-state index in [1.807, 2.05) is 0 Å². The second kappa shape index (κ2) is 6.34. The van der Waals surface area contributed by atoms with Crippen molar-refractivity contribution in [2.75, 3.05) is 13.2 Å². The molecule has 0 atom stereocenters. The van der Waals surface area contributed by atoms with Crippen LogP contribution < -0.4 is 0 Å². The Bertz CT molecular complexity index is 735. The fourth-order valence-corrected chi connectivity index (χ4v) is 2.21. The Labute approximate surface area is 126 Å². The van der Waals surface area contributed by atoms with Gasteiger partial charge in [0.2, 0.25) is 0 Å². The van der Waals surface area contributed by atoms with E-state index in [1.165, 1.54) is 12.1 Å². The summed E-state index contributed by atoms with van der Waals surface area (Å²) in [5.74, 6) is -2.53. The number of ether oxygens (including phenoxy) is 2. The lowest BCUT2D eigenvalue weighted by molar-refractivity contribution is 0.0524. The molecule has 0 heterocycles. The van der Waals surface area contributed by atoms with Crippen LogP contribution in [0.5, 0.6) is 11.5 Å². The number of fused-ring (bicyclic) bond motifs is 1. The number of benzene rings is 2. The number of carbonyl (C=O) groups excluding carboxylic acids is 2. The van der Waals surface area contributed by atoms with Gasteiger partial charge in [-0.1, -0.05) is 12.1 Å². The van der Waals surface area contributed by atoms with E-state index in [1.54, 1.807) is 26.0 Å². The number of rotatable bonds is 4. The number of phenols is 2. The first-order valence-corrected chi connectivity index (χ1v) is 6.83. The zero-order valence-corrected chi connectivity index (χ0v) is 12.3. The summed E-state index contributed by atoms with van der Waals surface area (Å²) in [6.45, 7) is 3.55. The van der Waals surface area contributed by atoms with E-state index in [-0.39, 0.29) is 29.7 Å². The number of hydrogen-bond acceptors (Lipinski definition) is 6. The maximum atomic E-state index is 12.1. The summed E-state index contributed by atoms with van der Waals surface area (Å²) < 4.78 is 9.87. The Morgan fingerprint density at radius 1 is 1.05 bits per heavy atom. The van der Waals surface area contributed by atoms with Gasteiger partial charge >= 0.3 is 11.9 Å². The molecule has 2 rings (SSSR count). The van der Waals surface area contributed by atoms with E-state index in [4.69, 9.17) is 9.47 Å². The van der Waals surface area contributed by atoms with Crippen LogP contribution in [0.4, 0.5) is 0 Å². The molecule has 2 aromatic carbocycles. The SMILES string of the molecule is CCOC(=O)c1cccc2cc(O)c(O)c(C(=O)OCC)c12. The van der Waals surface area contributed by atoms with Gasteiger partial charge in [0, 0.05) is 5.39 Å². The minimum atomic E-state index is -0.822. The Morgan fingerprint density at radius 3 is 2.32 bits per heavy atom. The van der Waals surface area contributed by atoms with Gasteiger partial charge in [-0.3, -0.25) is 0 Å². The molecule has 6 nitrogen and oxygen atoms in total. The Hall–Kier alpha value is -2.76. The normalized spacial score (nSPS) is 10.5. The maximum absolute atomic E-state index is 12.1. The molecule has 22 heavy (non-hydrogen) atoms. The minimum absolute atomic E-state index is 0.0942. The van der Waals surface area contributed by atoms with Crippen molar-refractivity contribution < 1.29 is 29.3 Å². The first-order chi connectivity index (χ1) is 10.5. The zero-order valence-electron chi connectivity index (χ0n) is 12.3. The molecule has 0 amide bonds. The van der Waals surface area contributed by atoms with Gasteiger partial charge in [0.1, 0.15) is 5.56 Å². The molecule has 0 unspecified atom stereocenters. The van der Waals surface area contributed by atoms with Crippen molar-refractivity contribution in [2.24, 2.45) is 0 Å². The molecule has 0 aliphatic heterocycles. The van der Waals surface area contributed by atoms with Gasteiger partial charge in [0.05, 0.1) is 18.8 Å². The summed E-state index contributed by atoms with van der Waals surface area (Å²) in [5.41, 5.74) is -0.127. The molecule has 0 radical (unpaired) electrons. The van der Waals surface area contributed by atoms with E-state index in [0.29, 0.717) is 5.39 Å². The largest absolute Gasteiger partial charge is 0.504 e. The standard InChI is InChI=1S/C16H16O6/c1-3-21-15(19)10-7-5-6-9-8-11(17)14(18)13(12(9)10)16(20)22-4-2/h5-8,17-18H,3-4H2,1-2H3. The average Bonchev–Trinajstić information content (AvgIpc) is 2.48. The van der Waals surface area contributed by atoms with Crippen molar-refractivity contribution in [3.05, 3.63) is 35.4 Å². The van der Waals surface area contributed by atoms with Crippen molar-refractivity contribution in [1.82, 2.24) is 0 Å². The van der Waals surface area contributed by atoms with E-state index in [9.17, 15) is 19.8 Å². The first-order valence-electron chi connectivity index (χ1n) is 6.83. The van der Waals surface area contributed by atoms with Crippen LogP contribution >= 0.6 is 0 Å². The molecule has 0 aliphatic rings. The summed E-state index contributed by atoms with van der Waals surface area (Å²) >= 11 is 0. The molecule has 116 valence electrons. The highest BCUT2D eigenvalue weighted by Crippen LogP contribution is 2.38. The minimum Gasteiger partial charge on any atom is -0.504 e. The Kier molecular flexibility index (Phi) is 4.50. The molecule has 0 aliphatic carbocycles. The molecule has 0 spiro atoms. The summed E-state index contributed by atoms with van der Waals surface area (Å²) in [6.07, 6.45) is 0. The van der Waals surface area contributed by atoms with Crippen molar-refractivity contribution in [2.45, 2.75) is 13.8 Å². The molecule has 0 bridgehead atoms. The molecular formula is C16H16O6. The zero-order chi connectivity index (χ0) is 16.3. The summed E-state index contributed by atoms with van der Waals surface area (Å²) in [7, 11) is 0. The maximum Gasteiger partial charge on any atom is 0.342 e. The number of esters is 2. The topological polar surface area (TPSA) is 93.1 Å². The van der Waals surface area contributed by atoms with Gasteiger partial charge in [-0.15, -0.1) is 0 Å². The van der Waals surface area contributed by atoms with Crippen molar-refractivity contribution in [3.8, 4) is 11.5 Å². The lowest BCUT2D eigenvalue weighted by Crippen LogP contribution is -2.10. The molecule has 0 saturated carbocycles. The van der Waals surface area contributed by atoms with Gasteiger partial charge in [0.25, 0.3) is 0 Å². The molecule has 0 aromatic heterocycles. The predicted molar refractivity (Wildman–Crippen MR) is 79.2 cm³/mol. The van der Waals surface area contributed by atoms with Crippen LogP contribution in [0.3, 0.4) is 0 Å². The quantitative estimate of drug-likeness (QED) is 0.666. The number of phenolic OH excluding ortho intramolecular Hbond substituents is 2. The number of aromatic hydroxyl groups is 2. The summed E-state index contributed by atoms with van der Waals surface area (Å²) in [4.78, 5) is 24.2. The van der Waals surface area contributed by atoms with Gasteiger partial charge in [0.15, 0.2) is 11.5 Å². The van der Waals surface area contributed by atoms with Gasteiger partial charge in [-0.05, 0) is 31.4 Å². The van der Waals surface area contributed by atoms with Crippen LogP contribution in [-0.2, 0) is 9.47 Å². The van der Waals surface area contributed by atoms with Crippen LogP contribution in [0.1, 0.15) is 34.6 Å². The van der Waals surface area contributed by atoms with E-state index in [2.05, 4.69) is 0 Å². The summed E-state index contributed by atoms with van der Waals surface area (Å²) in [6, 6.07) is 5.97. The van der Waals surface area contributed by atoms with Crippen molar-refractivity contribution in [3.63, 3.8) is 0 Å². The monoisotopic (exact) mass is 304 g/mol. The Balaban J connectivity index is 2.81. The van der Waals surface area contributed by atoms with E-state index >= 15 is 0 Å². The van der Waals surface area contributed by atoms with Gasteiger partial charge in [-0.2, -0.15) is 0 Å². The van der Waals surface area contributed by atoms with Gasteiger partial charge < -0.3 is 19.7 Å². The third-order valence-electron chi connectivity index (χ3n) is 3.09. The molecule has 0 fully saturated rings. The lowest BCUT2D eigenvalue weighted by Gasteiger charge is -2.13. The Morgan fingerprint density at radius 2 is 1.68 bits per heavy atom. The fraction of sp³-hybridized carbons (Fsp3) is 0.250. The van der Waals surface area contributed by atoms with Crippen LogP contribution in [0.15, 0.2) is 24.3 Å². The second-order valence-electron chi connectivity index (χ2n) is 4.46. The fourth-order valence-electron chi connectivity index (χ4n) is 2.21. The van der Waals surface area contributed by atoms with E-state index < -0.39 is 23.4 Å². The second-order valence-corrected chi connectivity index (χ2v) is 4.46. The molecule has 6 heteroatoms. The summed E-state index contributed by atoms with van der Waals surface area (Å²) in [5, 5.41) is 20.4. The number of hydrogen-bond donors (Lipinski definition) is 2. The van der Waals surface area contributed by atoms with E-state index in [0.717, 1.165) is 0 Å². The molecular weight excluding hydrogens is 288 g/mol. The number of carbonyl (C=O) groups is 2. The third-order valence-corrected chi connectivity index (χ3v) is 3.09. The highest BCUT2D eigenvalue weighted by molar-refractivity contribution is 6.15. The highest BCUT2D eigenvalue weighted by atomic mass is 16.5. The van der Waals surface area contributed by atoms with Crippen LogP contribution in [0.2, 0.25) is 0 Å². The average molecular weight is 304 g/mol. The molecule has 2 N–H and O–H groups in total. The highest BCUT2D eigenvalue weighted by Gasteiger charge is 2.24. The van der Waals surface area contributed by atoms with Crippen LogP contribution in [0.25, 0.3) is 10.8 Å². The predicted octanol–water partition coefficient (Wildman–Crippen LogP) is 2.60. The molecule has 2 aromatic rings. The molecule has 0 saturated heterocycles. The van der Waals surface area contributed by atoms with Crippen LogP contribution in [0, 0.1) is 0 Å². The third kappa shape index (κ3) is 2.67. The lowest BCUT2D eigenvalue weighted by atomic mass is 9.97. The van der Waals surface area contributed by atoms with Crippen molar-refractivity contribution >= 4 is 22.7 Å². The van der Waals surface area contributed by atoms with Crippen LogP contribution in [-0.4, -0.2) is 35.4 Å². The first kappa shape index (κ1) is 15.6. The van der Waals surface area contributed by atoms with Crippen molar-refractivity contribution in [1.29, 1.82) is 0 Å². The smallest absolute Gasteiger partial charge is 0.342 e.